The smallest absolute Gasteiger partial charge is 0.663 e. The Bertz CT molecular complexity index is 160. The molecule has 0 saturated heterocycles. The highest BCUT2D eigenvalue weighted by atomic mass is 32.2. The van der Waals surface area contributed by atoms with Gasteiger partial charge in [0.05, 0.1) is 4.79 Å². The first kappa shape index (κ1) is 10.4. The van der Waals surface area contributed by atoms with Crippen molar-refractivity contribution in [3.63, 3.8) is 0 Å². The zero-order valence-electron chi connectivity index (χ0n) is 4.91. The summed E-state index contributed by atoms with van der Waals surface area (Å²) >= 11 is -0.771. The van der Waals surface area contributed by atoms with E-state index in [1.165, 1.54) is 0 Å². The molecule has 0 N–H and O–H groups in total. The quantitative estimate of drug-likeness (QED) is 0.253. The molecule has 0 fully saturated rings. The summed E-state index contributed by atoms with van der Waals surface area (Å²) in [6.45, 7) is 2.44. The first-order valence-corrected chi connectivity index (χ1v) is 2.77. The van der Waals surface area contributed by atoms with Gasteiger partial charge in [-0.05, 0) is 0 Å². The average molecular weight is 188 g/mol. The molecule has 0 aromatic rings. The molecule has 0 atom stereocenters. The lowest BCUT2D eigenvalue weighted by Gasteiger charge is -2.05. The summed E-state index contributed by atoms with van der Waals surface area (Å²) in [5.74, 6) is -1.93. The molecule has 0 amide bonds. The Hall–Kier alpha value is -0.570. The zero-order valence-corrected chi connectivity index (χ0v) is 5.73. The van der Waals surface area contributed by atoms with E-state index in [1.807, 2.05) is 0 Å². The van der Waals surface area contributed by atoms with Crippen LogP contribution in [0.1, 0.15) is 0 Å². The fraction of sp³-hybridized carbons (Fsp3) is 0.333. The highest BCUT2D eigenvalue weighted by Crippen LogP contribution is 2.29. The van der Waals surface area contributed by atoms with Gasteiger partial charge in [0.15, 0.2) is 6.79 Å². The first-order chi connectivity index (χ1) is 5.04. The molecule has 0 unspecified atom stereocenters. The molecule has 0 saturated carbocycles. The second-order valence-electron chi connectivity index (χ2n) is 1.17. The van der Waals surface area contributed by atoms with Gasteiger partial charge >= 0.3 is 11.2 Å². The molecule has 0 aliphatic heterocycles. The Morgan fingerprint density at radius 1 is 1.73 bits per heavy atom. The number of carbonyl (C=O) groups is 1. The minimum Gasteiger partial charge on any atom is -0.691 e. The number of hydrogen-bond acceptors (Lipinski definition) is 5. The van der Waals surface area contributed by atoms with E-state index in [1.54, 1.807) is 0 Å². The van der Waals surface area contributed by atoms with Crippen LogP contribution in [-0.4, -0.2) is 18.0 Å². The predicted octanol–water partition coefficient (Wildman–Crippen LogP) is -0.658. The van der Waals surface area contributed by atoms with Crippen LogP contribution in [0.25, 0.3) is 0 Å². The molecule has 0 spiro atoms. The van der Waals surface area contributed by atoms with E-state index in [-0.39, 0.29) is 0 Å². The summed E-state index contributed by atoms with van der Waals surface area (Å²) < 4.78 is 30.8. The lowest BCUT2D eigenvalue weighted by Crippen LogP contribution is -2.25. The fourth-order valence-electron chi connectivity index (χ4n) is 0.175. The SMILES string of the molecule is C=[O+]C(=O)C(F)(F)SOO[O-]. The normalized spacial score (nSPS) is 11.2. The van der Waals surface area contributed by atoms with Gasteiger partial charge in [0, 0.05) is 0 Å². The molecule has 0 aromatic heterocycles. The van der Waals surface area contributed by atoms with Gasteiger partial charge in [-0.2, -0.15) is 13.1 Å². The van der Waals surface area contributed by atoms with Crippen LogP contribution in [0.15, 0.2) is 0 Å². The summed E-state index contributed by atoms with van der Waals surface area (Å²) in [5, 5.41) is 7.63. The third-order valence-corrected chi connectivity index (χ3v) is 1.03. The van der Waals surface area contributed by atoms with Crippen molar-refractivity contribution in [2.24, 2.45) is 0 Å². The van der Waals surface area contributed by atoms with Crippen molar-refractivity contribution in [2.45, 2.75) is 5.25 Å². The van der Waals surface area contributed by atoms with Gasteiger partial charge in [0.25, 0.3) is 0 Å². The molecular formula is C3H2F2O5S. The predicted molar refractivity (Wildman–Crippen MR) is 26.8 cm³/mol. The second kappa shape index (κ2) is 4.34. The highest BCUT2D eigenvalue weighted by molar-refractivity contribution is 7.96. The van der Waals surface area contributed by atoms with Crippen LogP contribution in [0, 0.1) is 0 Å². The maximum Gasteiger partial charge on any atom is 0.663 e. The lowest BCUT2D eigenvalue weighted by molar-refractivity contribution is -0.777. The lowest BCUT2D eigenvalue weighted by atomic mass is 10.7. The fourth-order valence-corrected chi connectivity index (χ4v) is 0.415. The van der Waals surface area contributed by atoms with Crippen LogP contribution in [0.2, 0.25) is 0 Å². The molecule has 5 nitrogen and oxygen atoms in total. The zero-order chi connectivity index (χ0) is 8.91. The molecule has 11 heavy (non-hydrogen) atoms. The van der Waals surface area contributed by atoms with Crippen LogP contribution < -0.4 is 5.26 Å². The minimum atomic E-state index is -3.99. The van der Waals surface area contributed by atoms with E-state index in [9.17, 15) is 13.6 Å². The van der Waals surface area contributed by atoms with Crippen LogP contribution in [-0.2, 0) is 18.6 Å². The summed E-state index contributed by atoms with van der Waals surface area (Å²) in [7, 11) is 0. The van der Waals surface area contributed by atoms with Gasteiger partial charge in [0.1, 0.15) is 12.0 Å². The number of alkyl halides is 2. The summed E-state index contributed by atoms with van der Waals surface area (Å²) in [5.41, 5.74) is 0. The Kier molecular flexibility index (Phi) is 4.11. The van der Waals surface area contributed by atoms with Crippen molar-refractivity contribution < 1.29 is 32.6 Å². The monoisotopic (exact) mass is 188 g/mol. The van der Waals surface area contributed by atoms with Crippen molar-refractivity contribution >= 4 is 24.8 Å². The maximum absolute atomic E-state index is 12.1. The van der Waals surface area contributed by atoms with Gasteiger partial charge in [-0.3, -0.25) is 9.46 Å². The van der Waals surface area contributed by atoms with E-state index in [4.69, 9.17) is 5.26 Å². The van der Waals surface area contributed by atoms with Crippen LogP contribution >= 0.6 is 12.0 Å². The molecule has 0 rings (SSSR count). The molecule has 0 aliphatic carbocycles. The molecule has 0 heterocycles. The van der Waals surface area contributed by atoms with Crippen LogP contribution in [0.3, 0.4) is 0 Å². The van der Waals surface area contributed by atoms with Gasteiger partial charge in [-0.15, -0.1) is 0 Å². The van der Waals surface area contributed by atoms with Gasteiger partial charge in [0.2, 0.25) is 0 Å². The van der Waals surface area contributed by atoms with Crippen LogP contribution in [0.4, 0.5) is 8.78 Å². The van der Waals surface area contributed by atoms with E-state index >= 15 is 0 Å². The van der Waals surface area contributed by atoms with E-state index in [2.05, 4.69) is 20.6 Å². The summed E-state index contributed by atoms with van der Waals surface area (Å²) in [4.78, 5) is 10.0. The summed E-state index contributed by atoms with van der Waals surface area (Å²) in [6, 6.07) is 0. The topological polar surface area (TPSA) is 69.9 Å². The van der Waals surface area contributed by atoms with Crippen molar-refractivity contribution in [3.05, 3.63) is 0 Å². The highest BCUT2D eigenvalue weighted by Gasteiger charge is 2.53. The van der Waals surface area contributed by atoms with Gasteiger partial charge in [-0.25, -0.2) is 0 Å². The number of carbonyl (C=O) groups excluding carboxylic acids is 2. The Labute approximate surface area is 63.7 Å². The Morgan fingerprint density at radius 2 is 2.27 bits per heavy atom. The van der Waals surface area contributed by atoms with Crippen molar-refractivity contribution in [3.8, 4) is 0 Å². The Balaban J connectivity index is 3.98. The number of rotatable bonds is 4. The standard InChI is InChI=1S/C3H2F2O5S/c1-8-2(6)3(4,5)11-10-9-7/h1H2. The minimum absolute atomic E-state index is 0.771. The van der Waals surface area contributed by atoms with E-state index < -0.39 is 23.3 Å². The van der Waals surface area contributed by atoms with E-state index in [0.717, 1.165) is 0 Å². The third-order valence-electron chi connectivity index (χ3n) is 0.535. The van der Waals surface area contributed by atoms with Gasteiger partial charge in [-0.1, -0.05) is 0 Å². The average Bonchev–Trinajstić information content (AvgIpc) is 1.99. The second-order valence-corrected chi connectivity index (χ2v) is 1.98. The molecule has 0 aliphatic rings. The maximum atomic E-state index is 12.1. The molecule has 8 heteroatoms. The Morgan fingerprint density at radius 3 is 2.64 bits per heavy atom. The van der Waals surface area contributed by atoms with E-state index in [0.29, 0.717) is 0 Å². The van der Waals surface area contributed by atoms with Gasteiger partial charge < -0.3 is 5.26 Å². The molecular weight excluding hydrogens is 186 g/mol. The summed E-state index contributed by atoms with van der Waals surface area (Å²) in [6.07, 6.45) is 0. The molecule has 0 radical (unpaired) electrons. The van der Waals surface area contributed by atoms with Crippen LogP contribution in [0.5, 0.6) is 0 Å². The number of halogens is 2. The molecule has 64 valence electrons. The first-order valence-electron chi connectivity index (χ1n) is 2.03. The molecule has 0 bridgehead atoms. The third kappa shape index (κ3) is 3.37. The van der Waals surface area contributed by atoms with Crippen molar-refractivity contribution in [2.75, 3.05) is 0 Å². The largest absolute Gasteiger partial charge is 0.691 e. The van der Waals surface area contributed by atoms with Crippen molar-refractivity contribution in [1.29, 1.82) is 0 Å². The number of hydrogen-bond donors (Lipinski definition) is 0. The van der Waals surface area contributed by atoms with Crippen molar-refractivity contribution in [1.82, 2.24) is 0 Å². The molecule has 0 aromatic carbocycles.